The lowest BCUT2D eigenvalue weighted by atomic mass is 10.0. The van der Waals surface area contributed by atoms with Crippen LogP contribution < -0.4 is 10.6 Å². The van der Waals surface area contributed by atoms with Gasteiger partial charge in [0.15, 0.2) is 0 Å². The van der Waals surface area contributed by atoms with Crippen LogP contribution in [0.4, 0.5) is 9.18 Å². The maximum Gasteiger partial charge on any atom is 0.315 e. The molecule has 2 amide bonds. The van der Waals surface area contributed by atoms with Crippen molar-refractivity contribution in [2.75, 3.05) is 0 Å². The van der Waals surface area contributed by atoms with Crippen molar-refractivity contribution in [2.45, 2.75) is 32.4 Å². The third kappa shape index (κ3) is 4.26. The summed E-state index contributed by atoms with van der Waals surface area (Å²) in [6.45, 7) is 2.01. The van der Waals surface area contributed by atoms with Crippen LogP contribution in [0.15, 0.2) is 42.5 Å². The predicted octanol–water partition coefficient (Wildman–Crippen LogP) is 4.74. The normalized spacial score (nSPS) is 15.0. The molecule has 1 saturated carbocycles. The summed E-state index contributed by atoms with van der Waals surface area (Å²) in [6, 6.07) is 12.3. The van der Waals surface area contributed by atoms with Gasteiger partial charge in [0.25, 0.3) is 0 Å². The fourth-order valence-corrected chi connectivity index (χ4v) is 2.82. The zero-order valence-electron chi connectivity index (χ0n) is 13.5. The van der Waals surface area contributed by atoms with Gasteiger partial charge in [-0.1, -0.05) is 35.9 Å². The van der Waals surface area contributed by atoms with E-state index in [4.69, 9.17) is 11.6 Å². The van der Waals surface area contributed by atoms with Crippen LogP contribution in [0.25, 0.3) is 0 Å². The van der Waals surface area contributed by atoms with Gasteiger partial charge in [0, 0.05) is 11.6 Å². The topological polar surface area (TPSA) is 41.1 Å². The quantitative estimate of drug-likeness (QED) is 0.806. The largest absolute Gasteiger partial charge is 0.334 e. The maximum absolute atomic E-state index is 13.5. The van der Waals surface area contributed by atoms with Gasteiger partial charge in [0.05, 0.1) is 6.04 Å². The zero-order chi connectivity index (χ0) is 17.1. The average molecular weight is 347 g/mol. The first-order chi connectivity index (χ1) is 11.5. The van der Waals surface area contributed by atoms with Gasteiger partial charge >= 0.3 is 6.03 Å². The van der Waals surface area contributed by atoms with Gasteiger partial charge in [0.1, 0.15) is 5.82 Å². The highest BCUT2D eigenvalue weighted by Gasteiger charge is 2.33. The number of halogens is 2. The number of urea groups is 1. The molecule has 5 heteroatoms. The first-order valence-electron chi connectivity index (χ1n) is 8.08. The summed E-state index contributed by atoms with van der Waals surface area (Å²) in [5.41, 5.74) is 2.39. The molecule has 0 radical (unpaired) electrons. The monoisotopic (exact) mass is 346 g/mol. The lowest BCUT2D eigenvalue weighted by molar-refractivity contribution is 0.235. The molecule has 2 aromatic rings. The second-order valence-corrected chi connectivity index (χ2v) is 6.71. The van der Waals surface area contributed by atoms with Crippen molar-refractivity contribution in [3.05, 3.63) is 70.0 Å². The molecule has 0 bridgehead atoms. The highest BCUT2D eigenvalue weighted by Crippen LogP contribution is 2.41. The molecule has 0 saturated heterocycles. The number of rotatable bonds is 5. The van der Waals surface area contributed by atoms with Crippen molar-refractivity contribution in [2.24, 2.45) is 5.92 Å². The predicted molar refractivity (Wildman–Crippen MR) is 93.4 cm³/mol. The molecule has 1 fully saturated rings. The fourth-order valence-electron chi connectivity index (χ4n) is 2.69. The van der Waals surface area contributed by atoms with Crippen LogP contribution in [-0.2, 0) is 6.54 Å². The molecule has 3 nitrogen and oxygen atoms in total. The lowest BCUT2D eigenvalue weighted by Gasteiger charge is -2.19. The third-order valence-electron chi connectivity index (χ3n) is 4.30. The highest BCUT2D eigenvalue weighted by atomic mass is 35.5. The summed E-state index contributed by atoms with van der Waals surface area (Å²) in [5, 5.41) is 6.50. The third-order valence-corrected chi connectivity index (χ3v) is 4.55. The van der Waals surface area contributed by atoms with Crippen molar-refractivity contribution < 1.29 is 9.18 Å². The number of aryl methyl sites for hydroxylation is 1. The maximum atomic E-state index is 13.5. The summed E-state index contributed by atoms with van der Waals surface area (Å²) in [6.07, 6.45) is 2.22. The van der Waals surface area contributed by atoms with Crippen molar-refractivity contribution in [3.8, 4) is 0 Å². The second kappa shape index (κ2) is 7.22. The van der Waals surface area contributed by atoms with Crippen molar-refractivity contribution in [3.63, 3.8) is 0 Å². The molecular formula is C19H20ClFN2O. The van der Waals surface area contributed by atoms with Crippen LogP contribution >= 0.6 is 11.6 Å². The Morgan fingerprint density at radius 2 is 1.96 bits per heavy atom. The molecule has 2 N–H and O–H groups in total. The van der Waals surface area contributed by atoms with Crippen molar-refractivity contribution >= 4 is 17.6 Å². The Morgan fingerprint density at radius 1 is 1.25 bits per heavy atom. The number of hydrogen-bond donors (Lipinski definition) is 2. The minimum absolute atomic E-state index is 0.0166. The van der Waals surface area contributed by atoms with Crippen LogP contribution in [0.1, 0.15) is 35.6 Å². The Bertz CT molecular complexity index is 729. The molecule has 1 atom stereocenters. The van der Waals surface area contributed by atoms with Gasteiger partial charge in [-0.3, -0.25) is 0 Å². The Balaban J connectivity index is 1.59. The van der Waals surface area contributed by atoms with E-state index in [0.717, 1.165) is 24.0 Å². The van der Waals surface area contributed by atoms with Crippen molar-refractivity contribution in [1.82, 2.24) is 10.6 Å². The molecular weight excluding hydrogens is 327 g/mol. The average Bonchev–Trinajstić information content (AvgIpc) is 3.39. The minimum Gasteiger partial charge on any atom is -0.334 e. The number of carbonyl (C=O) groups excluding carboxylic acids is 1. The smallest absolute Gasteiger partial charge is 0.315 e. The first kappa shape index (κ1) is 16.8. The van der Waals surface area contributed by atoms with Crippen LogP contribution in [-0.4, -0.2) is 6.03 Å². The molecule has 0 spiro atoms. The summed E-state index contributed by atoms with van der Waals surface area (Å²) in [4.78, 5) is 12.2. The van der Waals surface area contributed by atoms with Gasteiger partial charge in [-0.25, -0.2) is 9.18 Å². The molecule has 0 aliphatic heterocycles. The van der Waals surface area contributed by atoms with E-state index in [0.29, 0.717) is 23.0 Å². The summed E-state index contributed by atoms with van der Waals surface area (Å²) >= 11 is 5.93. The zero-order valence-corrected chi connectivity index (χ0v) is 14.2. The molecule has 1 unspecified atom stereocenters. The van der Waals surface area contributed by atoms with Gasteiger partial charge in [-0.05, 0) is 60.6 Å². The molecule has 1 aliphatic rings. The second-order valence-electron chi connectivity index (χ2n) is 6.28. The minimum atomic E-state index is -0.258. The van der Waals surface area contributed by atoms with Crippen LogP contribution in [0, 0.1) is 18.7 Å². The molecule has 126 valence electrons. The summed E-state index contributed by atoms with van der Waals surface area (Å²) < 4.78 is 13.5. The lowest BCUT2D eigenvalue weighted by Crippen LogP contribution is -2.38. The van der Waals surface area contributed by atoms with E-state index in [2.05, 4.69) is 10.6 Å². The van der Waals surface area contributed by atoms with Crippen LogP contribution in [0.3, 0.4) is 0 Å². The molecule has 2 aromatic carbocycles. The summed E-state index contributed by atoms with van der Waals surface area (Å²) in [5.74, 6) is 0.209. The van der Waals surface area contributed by atoms with Crippen LogP contribution in [0.2, 0.25) is 5.02 Å². The highest BCUT2D eigenvalue weighted by molar-refractivity contribution is 6.30. The number of carbonyl (C=O) groups is 1. The number of hydrogen-bond acceptors (Lipinski definition) is 1. The standard InChI is InChI=1S/C19H20ClFN2O/c1-12-2-3-13(10-17(12)21)11-22-19(24)23-18(14-4-5-14)15-6-8-16(20)9-7-15/h2-3,6-10,14,18H,4-5,11H2,1H3,(H2,22,23,24). The number of nitrogens with one attached hydrogen (secondary N) is 2. The number of amides is 2. The van der Waals surface area contributed by atoms with E-state index >= 15 is 0 Å². The van der Waals surface area contributed by atoms with E-state index in [1.54, 1.807) is 13.0 Å². The van der Waals surface area contributed by atoms with E-state index in [1.165, 1.54) is 6.07 Å². The van der Waals surface area contributed by atoms with Crippen molar-refractivity contribution in [1.29, 1.82) is 0 Å². The fraction of sp³-hybridized carbons (Fsp3) is 0.316. The Kier molecular flexibility index (Phi) is 5.05. The Hall–Kier alpha value is -2.07. The molecule has 0 heterocycles. The molecule has 1 aliphatic carbocycles. The van der Waals surface area contributed by atoms with E-state index < -0.39 is 0 Å². The Labute approximate surface area is 146 Å². The van der Waals surface area contributed by atoms with Crippen LogP contribution in [0.5, 0.6) is 0 Å². The molecule has 3 rings (SSSR count). The van der Waals surface area contributed by atoms with Gasteiger partial charge in [-0.15, -0.1) is 0 Å². The molecule has 24 heavy (non-hydrogen) atoms. The van der Waals surface area contributed by atoms with Gasteiger partial charge < -0.3 is 10.6 Å². The Morgan fingerprint density at radius 3 is 2.58 bits per heavy atom. The van der Waals surface area contributed by atoms with E-state index in [-0.39, 0.29) is 17.9 Å². The van der Waals surface area contributed by atoms with E-state index in [9.17, 15) is 9.18 Å². The first-order valence-corrected chi connectivity index (χ1v) is 8.45. The molecule has 0 aromatic heterocycles. The van der Waals surface area contributed by atoms with Gasteiger partial charge in [0.2, 0.25) is 0 Å². The summed E-state index contributed by atoms with van der Waals surface area (Å²) in [7, 11) is 0. The van der Waals surface area contributed by atoms with E-state index in [1.807, 2.05) is 30.3 Å². The van der Waals surface area contributed by atoms with Gasteiger partial charge in [-0.2, -0.15) is 0 Å². The SMILES string of the molecule is Cc1ccc(CNC(=O)NC(c2ccc(Cl)cc2)C2CC2)cc1F. The number of benzene rings is 2.